The predicted octanol–water partition coefficient (Wildman–Crippen LogP) is 4.56. The zero-order valence-electron chi connectivity index (χ0n) is 20.8. The van der Waals surface area contributed by atoms with E-state index in [1.54, 1.807) is 14.2 Å². The van der Waals surface area contributed by atoms with E-state index in [-0.39, 0.29) is 6.04 Å². The molecule has 0 N–H and O–H groups in total. The summed E-state index contributed by atoms with van der Waals surface area (Å²) in [5.41, 5.74) is 3.62. The normalized spacial score (nSPS) is 18.8. The number of benzene rings is 2. The molecule has 2 fully saturated rings. The van der Waals surface area contributed by atoms with E-state index in [9.17, 15) is 0 Å². The zero-order valence-corrected chi connectivity index (χ0v) is 20.8. The second-order valence-electron chi connectivity index (χ2n) is 8.52. The third kappa shape index (κ3) is 6.98. The van der Waals surface area contributed by atoms with Crippen LogP contribution in [-0.4, -0.2) is 76.6 Å². The Hall–Kier alpha value is -3.06. The van der Waals surface area contributed by atoms with Gasteiger partial charge in [-0.3, -0.25) is 4.90 Å². The second-order valence-corrected chi connectivity index (χ2v) is 8.52. The van der Waals surface area contributed by atoms with Gasteiger partial charge in [0.2, 0.25) is 0 Å². The second kappa shape index (κ2) is 13.1. The number of hydrogen-bond acceptors (Lipinski definition) is 6. The van der Waals surface area contributed by atoms with E-state index in [0.29, 0.717) is 0 Å². The molecule has 1 unspecified atom stereocenters. The molecule has 4 rings (SSSR count). The van der Waals surface area contributed by atoms with Crippen molar-refractivity contribution < 1.29 is 18.9 Å². The molecule has 0 radical (unpaired) electrons. The molecule has 186 valence electrons. The first-order chi connectivity index (χ1) is 17.3. The number of allylic oxidation sites excluding steroid dienone is 4. The van der Waals surface area contributed by atoms with E-state index in [0.717, 1.165) is 64.1 Å². The molecule has 0 aromatic heterocycles. The molecular weight excluding hydrogens is 440 g/mol. The maximum atomic E-state index is 5.58. The summed E-state index contributed by atoms with van der Waals surface area (Å²) in [6.07, 6.45) is 10.8. The maximum Gasteiger partial charge on any atom is 0.118 e. The van der Waals surface area contributed by atoms with E-state index in [2.05, 4.69) is 64.4 Å². The van der Waals surface area contributed by atoms with Crippen molar-refractivity contribution in [3.63, 3.8) is 0 Å². The van der Waals surface area contributed by atoms with Crippen molar-refractivity contribution in [3.8, 4) is 11.5 Å². The molecule has 6 heteroatoms. The van der Waals surface area contributed by atoms with Gasteiger partial charge in [0.1, 0.15) is 11.5 Å². The molecule has 0 bridgehead atoms. The van der Waals surface area contributed by atoms with Crippen molar-refractivity contribution in [1.29, 1.82) is 0 Å². The van der Waals surface area contributed by atoms with Gasteiger partial charge >= 0.3 is 0 Å². The van der Waals surface area contributed by atoms with Crippen LogP contribution < -0.4 is 9.47 Å². The first-order valence-electron chi connectivity index (χ1n) is 12.3. The van der Waals surface area contributed by atoms with E-state index in [1.165, 1.54) is 16.8 Å². The molecule has 2 saturated heterocycles. The van der Waals surface area contributed by atoms with Crippen molar-refractivity contribution in [2.24, 2.45) is 0 Å². The Morgan fingerprint density at radius 1 is 0.743 bits per heavy atom. The van der Waals surface area contributed by atoms with Crippen molar-refractivity contribution in [3.05, 3.63) is 90.0 Å². The van der Waals surface area contributed by atoms with Gasteiger partial charge in [0.05, 0.1) is 46.7 Å². The standard InChI is InChI=1S/C29H36N2O4/c1-32-26-12-8-24(9-13-26)28(30-16-20-34-21-17-30)6-4-3-5-7-29(31-18-22-35-23-19-31)25-10-14-27(33-2)15-11-25/h3-15,28H,16-23H2,1-2H3. The summed E-state index contributed by atoms with van der Waals surface area (Å²) < 4.78 is 21.8. The highest BCUT2D eigenvalue weighted by Crippen LogP contribution is 2.26. The van der Waals surface area contributed by atoms with Crippen molar-refractivity contribution in [2.45, 2.75) is 6.04 Å². The number of nitrogens with zero attached hydrogens (tertiary/aromatic N) is 2. The number of rotatable bonds is 9. The highest BCUT2D eigenvalue weighted by atomic mass is 16.5. The Morgan fingerprint density at radius 3 is 1.91 bits per heavy atom. The SMILES string of the molecule is COc1ccc(C(=CC=CC=CC(c2ccc(OC)cc2)N2CCOCC2)N2CCOCC2)cc1. The van der Waals surface area contributed by atoms with Crippen LogP contribution in [0.3, 0.4) is 0 Å². The Labute approximate surface area is 209 Å². The van der Waals surface area contributed by atoms with Gasteiger partial charge in [-0.25, -0.2) is 0 Å². The van der Waals surface area contributed by atoms with E-state index in [1.807, 2.05) is 24.3 Å². The fourth-order valence-corrected chi connectivity index (χ4v) is 4.43. The summed E-state index contributed by atoms with van der Waals surface area (Å²) in [6.45, 7) is 6.65. The van der Waals surface area contributed by atoms with Crippen LogP contribution in [0.5, 0.6) is 11.5 Å². The quantitative estimate of drug-likeness (QED) is 0.495. The summed E-state index contributed by atoms with van der Waals surface area (Å²) in [7, 11) is 3.39. The smallest absolute Gasteiger partial charge is 0.118 e. The van der Waals surface area contributed by atoms with Gasteiger partial charge in [-0.2, -0.15) is 0 Å². The van der Waals surface area contributed by atoms with Gasteiger partial charge in [-0.1, -0.05) is 36.4 Å². The average molecular weight is 477 g/mol. The first-order valence-corrected chi connectivity index (χ1v) is 12.3. The van der Waals surface area contributed by atoms with Crippen molar-refractivity contribution in [2.75, 3.05) is 66.8 Å². The Morgan fingerprint density at radius 2 is 1.31 bits per heavy atom. The average Bonchev–Trinajstić information content (AvgIpc) is 2.94. The molecule has 0 saturated carbocycles. The molecule has 2 aromatic rings. The predicted molar refractivity (Wildman–Crippen MR) is 140 cm³/mol. The molecule has 2 aromatic carbocycles. The lowest BCUT2D eigenvalue weighted by molar-refractivity contribution is 0.0253. The Balaban J connectivity index is 1.52. The molecule has 0 spiro atoms. The summed E-state index contributed by atoms with van der Waals surface area (Å²) in [5, 5.41) is 0. The molecule has 0 aliphatic carbocycles. The third-order valence-electron chi connectivity index (χ3n) is 6.40. The number of ether oxygens (including phenoxy) is 4. The zero-order chi connectivity index (χ0) is 24.3. The summed E-state index contributed by atoms with van der Waals surface area (Å²) >= 11 is 0. The lowest BCUT2D eigenvalue weighted by Gasteiger charge is -2.33. The van der Waals surface area contributed by atoms with Crippen LogP contribution in [0.25, 0.3) is 5.70 Å². The van der Waals surface area contributed by atoms with Crippen LogP contribution in [0.4, 0.5) is 0 Å². The first kappa shape index (κ1) is 25.0. The van der Waals surface area contributed by atoms with Crippen LogP contribution in [0, 0.1) is 0 Å². The molecule has 6 nitrogen and oxygen atoms in total. The molecule has 35 heavy (non-hydrogen) atoms. The van der Waals surface area contributed by atoms with Gasteiger partial charge in [-0.15, -0.1) is 0 Å². The van der Waals surface area contributed by atoms with Gasteiger partial charge in [0.15, 0.2) is 0 Å². The van der Waals surface area contributed by atoms with Crippen LogP contribution >= 0.6 is 0 Å². The minimum absolute atomic E-state index is 0.193. The van der Waals surface area contributed by atoms with Crippen molar-refractivity contribution >= 4 is 5.70 Å². The van der Waals surface area contributed by atoms with Crippen LogP contribution in [0.1, 0.15) is 17.2 Å². The molecule has 2 heterocycles. The monoisotopic (exact) mass is 476 g/mol. The fraction of sp³-hybridized carbons (Fsp3) is 0.379. The Kier molecular flexibility index (Phi) is 9.40. The topological polar surface area (TPSA) is 43.4 Å². The number of methoxy groups -OCH3 is 2. The highest BCUT2D eigenvalue weighted by molar-refractivity contribution is 5.66. The summed E-state index contributed by atoms with van der Waals surface area (Å²) in [6, 6.07) is 16.8. The van der Waals surface area contributed by atoms with Crippen LogP contribution in [-0.2, 0) is 9.47 Å². The fourth-order valence-electron chi connectivity index (χ4n) is 4.43. The number of hydrogen-bond donors (Lipinski definition) is 0. The minimum Gasteiger partial charge on any atom is -0.497 e. The van der Waals surface area contributed by atoms with E-state index >= 15 is 0 Å². The summed E-state index contributed by atoms with van der Waals surface area (Å²) in [4.78, 5) is 4.84. The molecule has 0 amide bonds. The lowest BCUT2D eigenvalue weighted by atomic mass is 10.0. The molecule has 1 atom stereocenters. The third-order valence-corrected chi connectivity index (χ3v) is 6.40. The van der Waals surface area contributed by atoms with E-state index < -0.39 is 0 Å². The van der Waals surface area contributed by atoms with Gasteiger partial charge < -0.3 is 23.8 Å². The number of morpholine rings is 2. The molecule has 2 aliphatic rings. The minimum atomic E-state index is 0.193. The van der Waals surface area contributed by atoms with Gasteiger partial charge in [0, 0.05) is 31.9 Å². The van der Waals surface area contributed by atoms with Gasteiger partial charge in [-0.05, 0) is 53.6 Å². The maximum absolute atomic E-state index is 5.58. The van der Waals surface area contributed by atoms with Gasteiger partial charge in [0.25, 0.3) is 0 Å². The molecule has 2 aliphatic heterocycles. The van der Waals surface area contributed by atoms with Crippen molar-refractivity contribution in [1.82, 2.24) is 9.80 Å². The molecular formula is C29H36N2O4. The largest absolute Gasteiger partial charge is 0.497 e. The lowest BCUT2D eigenvalue weighted by Crippen LogP contribution is -2.38. The van der Waals surface area contributed by atoms with E-state index in [4.69, 9.17) is 18.9 Å². The van der Waals surface area contributed by atoms with Crippen LogP contribution in [0.2, 0.25) is 0 Å². The summed E-state index contributed by atoms with van der Waals surface area (Å²) in [5.74, 6) is 1.74. The Bertz CT molecular complexity index is 986. The highest BCUT2D eigenvalue weighted by Gasteiger charge is 2.20. The van der Waals surface area contributed by atoms with Crippen LogP contribution in [0.15, 0.2) is 78.9 Å².